The van der Waals surface area contributed by atoms with Gasteiger partial charge in [0.25, 0.3) is 0 Å². The Balaban J connectivity index is 1.55. The molecule has 0 bridgehead atoms. The first-order valence-electron chi connectivity index (χ1n) is 5.31. The number of imidazole rings is 1. The Hall–Kier alpha value is -0.480. The van der Waals surface area contributed by atoms with E-state index in [1.54, 1.807) is 6.20 Å². The maximum Gasteiger partial charge on any atom is 0.165 e. The van der Waals surface area contributed by atoms with Crippen LogP contribution in [0.25, 0.3) is 0 Å². The zero-order valence-corrected chi connectivity index (χ0v) is 9.15. The molecule has 0 aromatic carbocycles. The summed E-state index contributed by atoms with van der Waals surface area (Å²) in [6.45, 7) is 1.22. The Kier molecular flexibility index (Phi) is 3.89. The first kappa shape index (κ1) is 10.1. The van der Waals surface area contributed by atoms with Gasteiger partial charge < -0.3 is 10.3 Å². The van der Waals surface area contributed by atoms with Crippen LogP contribution in [0.5, 0.6) is 0 Å². The van der Waals surface area contributed by atoms with Gasteiger partial charge in [-0.15, -0.1) is 0 Å². The molecular weight excluding hydrogens is 194 g/mol. The Bertz CT molecular complexity index is 242. The highest BCUT2D eigenvalue weighted by molar-refractivity contribution is 7.99. The maximum absolute atomic E-state index is 4.18. The largest absolute Gasteiger partial charge is 0.340 e. The van der Waals surface area contributed by atoms with Gasteiger partial charge in [0.05, 0.1) is 0 Å². The molecule has 0 amide bonds. The number of nitrogens with zero attached hydrogens (tertiary/aromatic N) is 1. The smallest absolute Gasteiger partial charge is 0.165 e. The Morgan fingerprint density at radius 1 is 1.57 bits per heavy atom. The van der Waals surface area contributed by atoms with Gasteiger partial charge in [-0.25, -0.2) is 4.98 Å². The minimum absolute atomic E-state index is 0.784. The third-order valence-electron chi connectivity index (χ3n) is 2.57. The van der Waals surface area contributed by atoms with E-state index in [1.165, 1.54) is 38.0 Å². The van der Waals surface area contributed by atoms with E-state index in [0.717, 1.165) is 11.2 Å². The molecule has 0 radical (unpaired) electrons. The topological polar surface area (TPSA) is 40.7 Å². The number of nitrogens with one attached hydrogen (secondary N) is 2. The van der Waals surface area contributed by atoms with Gasteiger partial charge in [0.1, 0.15) is 0 Å². The second-order valence-electron chi connectivity index (χ2n) is 3.68. The van der Waals surface area contributed by atoms with Crippen molar-refractivity contribution in [2.75, 3.05) is 12.3 Å². The fraction of sp³-hybridized carbons (Fsp3) is 0.700. The van der Waals surface area contributed by atoms with Crippen LogP contribution in [0, 0.1) is 0 Å². The number of rotatable bonds is 5. The number of hydrogen-bond donors (Lipinski definition) is 2. The average Bonchev–Trinajstić information content (AvgIpc) is 2.86. The summed E-state index contributed by atoms with van der Waals surface area (Å²) in [6.07, 6.45) is 9.00. The molecule has 4 heteroatoms. The van der Waals surface area contributed by atoms with Crippen LogP contribution in [0.2, 0.25) is 0 Å². The van der Waals surface area contributed by atoms with Gasteiger partial charge in [-0.3, -0.25) is 0 Å². The Labute approximate surface area is 89.1 Å². The summed E-state index contributed by atoms with van der Waals surface area (Å²) in [4.78, 5) is 7.28. The molecule has 0 spiro atoms. The number of aromatic amines is 1. The highest BCUT2D eigenvalue weighted by atomic mass is 32.2. The van der Waals surface area contributed by atoms with Crippen molar-refractivity contribution in [3.63, 3.8) is 0 Å². The first-order chi connectivity index (χ1) is 6.95. The van der Waals surface area contributed by atoms with Crippen molar-refractivity contribution in [1.82, 2.24) is 15.3 Å². The summed E-state index contributed by atoms with van der Waals surface area (Å²) in [7, 11) is 0. The normalized spacial score (nSPS) is 21.6. The van der Waals surface area contributed by atoms with Crippen molar-refractivity contribution in [3.8, 4) is 0 Å². The second kappa shape index (κ2) is 5.41. The number of H-pyrrole nitrogens is 1. The van der Waals surface area contributed by atoms with E-state index in [4.69, 9.17) is 0 Å². The van der Waals surface area contributed by atoms with Crippen LogP contribution in [-0.4, -0.2) is 28.3 Å². The summed E-state index contributed by atoms with van der Waals surface area (Å²) >= 11 is 1.82. The fourth-order valence-electron chi connectivity index (χ4n) is 1.83. The molecule has 0 saturated carbocycles. The molecule has 78 valence electrons. The van der Waals surface area contributed by atoms with Gasteiger partial charge in [0.2, 0.25) is 0 Å². The highest BCUT2D eigenvalue weighted by Gasteiger charge is 2.12. The van der Waals surface area contributed by atoms with E-state index in [0.29, 0.717) is 0 Å². The van der Waals surface area contributed by atoms with E-state index in [9.17, 15) is 0 Å². The van der Waals surface area contributed by atoms with Crippen LogP contribution in [0.15, 0.2) is 17.6 Å². The molecule has 1 aromatic heterocycles. The molecule has 2 N–H and O–H groups in total. The van der Waals surface area contributed by atoms with E-state index in [-0.39, 0.29) is 0 Å². The minimum atomic E-state index is 0.784. The Morgan fingerprint density at radius 3 is 3.29 bits per heavy atom. The van der Waals surface area contributed by atoms with Crippen molar-refractivity contribution in [1.29, 1.82) is 0 Å². The maximum atomic E-state index is 4.18. The number of thioether (sulfide) groups is 1. The van der Waals surface area contributed by atoms with E-state index < -0.39 is 0 Å². The van der Waals surface area contributed by atoms with Crippen LogP contribution >= 0.6 is 11.8 Å². The molecule has 1 saturated heterocycles. The van der Waals surface area contributed by atoms with Gasteiger partial charge in [-0.1, -0.05) is 11.8 Å². The van der Waals surface area contributed by atoms with Crippen LogP contribution in [0.3, 0.4) is 0 Å². The lowest BCUT2D eigenvalue weighted by molar-refractivity contribution is 0.553. The van der Waals surface area contributed by atoms with E-state index in [2.05, 4.69) is 15.3 Å². The zero-order valence-electron chi connectivity index (χ0n) is 8.33. The fourth-order valence-corrected chi connectivity index (χ4v) is 2.62. The monoisotopic (exact) mass is 211 g/mol. The molecule has 2 heterocycles. The van der Waals surface area contributed by atoms with Gasteiger partial charge in [0.15, 0.2) is 5.16 Å². The molecule has 1 unspecified atom stereocenters. The lowest BCUT2D eigenvalue weighted by atomic mass is 10.1. The first-order valence-corrected chi connectivity index (χ1v) is 6.29. The predicted octanol–water partition coefficient (Wildman–Crippen LogP) is 2.03. The molecular formula is C10H17N3S. The van der Waals surface area contributed by atoms with E-state index in [1.807, 2.05) is 18.0 Å². The average molecular weight is 211 g/mol. The van der Waals surface area contributed by atoms with Gasteiger partial charge in [-0.05, 0) is 32.2 Å². The summed E-state index contributed by atoms with van der Waals surface area (Å²) in [5.74, 6) is 1.17. The van der Waals surface area contributed by atoms with Gasteiger partial charge in [-0.2, -0.15) is 0 Å². The molecule has 14 heavy (non-hydrogen) atoms. The van der Waals surface area contributed by atoms with Crippen molar-refractivity contribution >= 4 is 11.8 Å². The van der Waals surface area contributed by atoms with Gasteiger partial charge in [0, 0.05) is 24.2 Å². The minimum Gasteiger partial charge on any atom is -0.340 e. The van der Waals surface area contributed by atoms with Gasteiger partial charge >= 0.3 is 0 Å². The highest BCUT2D eigenvalue weighted by Crippen LogP contribution is 2.16. The summed E-state index contributed by atoms with van der Waals surface area (Å²) in [5.41, 5.74) is 0. The lowest BCUT2D eigenvalue weighted by Crippen LogP contribution is -2.20. The van der Waals surface area contributed by atoms with Crippen molar-refractivity contribution in [2.24, 2.45) is 0 Å². The SMILES string of the molecule is c1c[nH]c(SCCCC2CCCN2)n1. The number of aromatic nitrogens is 2. The predicted molar refractivity (Wildman–Crippen MR) is 59.6 cm³/mol. The number of hydrogen-bond acceptors (Lipinski definition) is 3. The molecule has 1 aromatic rings. The quantitative estimate of drug-likeness (QED) is 0.578. The summed E-state index contributed by atoms with van der Waals surface area (Å²) in [5, 5.41) is 4.56. The summed E-state index contributed by atoms with van der Waals surface area (Å²) < 4.78 is 0. The van der Waals surface area contributed by atoms with Crippen LogP contribution in [0.1, 0.15) is 25.7 Å². The van der Waals surface area contributed by atoms with Crippen LogP contribution in [0.4, 0.5) is 0 Å². The summed E-state index contributed by atoms with van der Waals surface area (Å²) in [6, 6.07) is 0.784. The van der Waals surface area contributed by atoms with Crippen molar-refractivity contribution < 1.29 is 0 Å². The third-order valence-corrected chi connectivity index (χ3v) is 3.56. The zero-order chi connectivity index (χ0) is 9.64. The van der Waals surface area contributed by atoms with Crippen molar-refractivity contribution in [3.05, 3.63) is 12.4 Å². The van der Waals surface area contributed by atoms with Crippen LogP contribution < -0.4 is 5.32 Å². The standard InChI is InChI=1S/C10H17N3S/c1-3-9(11-5-1)4-2-8-14-10-12-6-7-13-10/h6-7,9,11H,1-5,8H2,(H,12,13). The third kappa shape index (κ3) is 3.03. The molecule has 2 rings (SSSR count). The van der Waals surface area contributed by atoms with E-state index >= 15 is 0 Å². The molecule has 1 atom stereocenters. The molecule has 1 aliphatic rings. The molecule has 1 fully saturated rings. The van der Waals surface area contributed by atoms with Crippen LogP contribution in [-0.2, 0) is 0 Å². The molecule has 1 aliphatic heterocycles. The molecule has 3 nitrogen and oxygen atoms in total. The molecule has 0 aliphatic carbocycles. The Morgan fingerprint density at radius 2 is 2.57 bits per heavy atom. The second-order valence-corrected chi connectivity index (χ2v) is 4.76. The lowest BCUT2D eigenvalue weighted by Gasteiger charge is -2.08. The van der Waals surface area contributed by atoms with Crippen molar-refractivity contribution in [2.45, 2.75) is 36.9 Å².